The molecule has 0 rings (SSSR count). The molecule has 0 atom stereocenters. The molecule has 42 nitrogen and oxygen atoms in total. The van der Waals surface area contributed by atoms with Gasteiger partial charge in [-0.25, -0.2) is 0 Å². The zero-order chi connectivity index (χ0) is 48.5. The van der Waals surface area contributed by atoms with Crippen LogP contribution >= 0.6 is 46.9 Å². The molecule has 0 unspecified atom stereocenters. The largest absolute Gasteiger partial charge is 2.00 e. The third kappa shape index (κ3) is 2380. The summed E-state index contributed by atoms with van der Waals surface area (Å²) < 4.78 is 102. The molecule has 0 fully saturated rings. The van der Waals surface area contributed by atoms with Crippen molar-refractivity contribution in [2.75, 3.05) is 0 Å². The van der Waals surface area contributed by atoms with Crippen LogP contribution in [0.5, 0.6) is 0 Å². The van der Waals surface area contributed by atoms with Gasteiger partial charge >= 0.3 is 513 Å². The summed E-state index contributed by atoms with van der Waals surface area (Å²) in [5.74, 6) is 0. The zero-order valence-electron chi connectivity index (χ0n) is 33.4. The van der Waals surface area contributed by atoms with Gasteiger partial charge in [-0.15, -0.1) is 0 Å². The smallest absolute Gasteiger partial charge is 0.822 e. The fourth-order valence-electron chi connectivity index (χ4n) is 0. The van der Waals surface area contributed by atoms with E-state index in [-0.39, 0.29) is 513 Å². The molecule has 0 saturated heterocycles. The van der Waals surface area contributed by atoms with Gasteiger partial charge in [-0.2, -0.15) is 46.9 Å². The van der Waals surface area contributed by atoms with Crippen molar-refractivity contribution in [1.82, 2.24) is 0 Å². The summed E-state index contributed by atoms with van der Waals surface area (Å²) in [6, 6.07) is 0. The van der Waals surface area contributed by atoms with Crippen molar-refractivity contribution >= 4 is 518 Å². The molecule has 0 aliphatic carbocycles. The first kappa shape index (κ1) is 178. The van der Waals surface area contributed by atoms with E-state index in [2.05, 4.69) is 0 Å². The minimum Gasteiger partial charge on any atom is -0.822 e. The van der Waals surface area contributed by atoms with Crippen LogP contribution in [0.25, 0.3) is 0 Å². The Morgan fingerprint density at radius 2 is 0.188 bits per heavy atom. The van der Waals surface area contributed by atoms with E-state index in [4.69, 9.17) is 200 Å². The molecule has 0 aromatic carbocycles. The van der Waals surface area contributed by atoms with Crippen molar-refractivity contribution in [1.29, 1.82) is 0 Å². The van der Waals surface area contributed by atoms with Gasteiger partial charge in [-0.1, -0.05) is 0 Å². The van der Waals surface area contributed by atoms with Crippen molar-refractivity contribution in [2.24, 2.45) is 0 Å². The van der Waals surface area contributed by atoms with Crippen molar-refractivity contribution in [3.05, 3.63) is 0 Å². The number of phosphoric acid groups is 6. The van der Waals surface area contributed by atoms with Crippen LogP contribution in [-0.2, 0) is 152 Å². The van der Waals surface area contributed by atoms with E-state index in [1.165, 1.54) is 0 Å². The fourth-order valence-corrected chi connectivity index (χ4v) is 0. The second-order valence-electron chi connectivity index (χ2n) is 4.18. The summed E-state index contributed by atoms with van der Waals surface area (Å²) in [4.78, 5) is 256. The summed E-state index contributed by atoms with van der Waals surface area (Å²) in [5, 5.41) is 0. The Kier molecular flexibility index (Phi) is 303. The van der Waals surface area contributed by atoms with Gasteiger partial charge in [-0.05, 0) is 0 Å². The van der Waals surface area contributed by atoms with Gasteiger partial charge in [0.1, 0.15) is 0 Å². The molecule has 0 amide bonds. The maximum Gasteiger partial charge on any atom is 2.00 e. The van der Waals surface area contributed by atoms with Crippen LogP contribution in [0.2, 0.25) is 0 Å². The van der Waals surface area contributed by atoms with E-state index >= 15 is 0 Å². The van der Waals surface area contributed by atoms with Crippen LogP contribution in [0, 0.1) is 0 Å². The fraction of sp³-hybridized carbons (Fsp3) is 0. The third-order valence-electron chi connectivity index (χ3n) is 0. The molecule has 0 aromatic rings. The monoisotopic (exact) mass is 1980 g/mol. The van der Waals surface area contributed by atoms with Gasteiger partial charge in [0.2, 0.25) is 0 Å². The van der Waals surface area contributed by atoms with Crippen LogP contribution in [-0.4, -0.2) is 471 Å². The second kappa shape index (κ2) is 117. The Morgan fingerprint density at radius 1 is 0.188 bits per heavy atom. The number of hydrogen-bond donors (Lipinski definition) is 0. The summed E-state index contributed by atoms with van der Waals surface area (Å²) in [6.45, 7) is 0. The quantitative estimate of drug-likeness (QED) is 0.160. The minimum atomic E-state index is -5.39. The standard InChI is InChI=1S/5Ca.6H3O4P.6O3Si.5Sr.5Zn/c;;;;;6*1-5(2,3)4;6*1-4(2)3;;;;;;;;;;/h;;;;;6*(H3,1,2,3,4);;;;;;;;;;;;;;;;/q5*+2;;;;;;;6*-2;10*+2/p-18. The van der Waals surface area contributed by atoms with Crippen LogP contribution in [0.1, 0.15) is 0 Å². The molecular formula is Ca5O42P6Si6Sr5Zn5. The summed E-state index contributed by atoms with van der Waals surface area (Å²) in [7, 11) is -54.1. The van der Waals surface area contributed by atoms with E-state index in [1.807, 2.05) is 0 Å². The zero-order valence-corrected chi connectivity index (χ0v) is 88.1. The molecule has 336 valence electrons. The Bertz CT molecular complexity index is 976. The molecule has 0 aromatic heterocycles. The first-order chi connectivity index (χ1) is 22.4. The third-order valence-corrected chi connectivity index (χ3v) is 0. The molecule has 0 aliphatic heterocycles. The van der Waals surface area contributed by atoms with E-state index in [9.17, 15) is 0 Å². The summed E-state index contributed by atoms with van der Waals surface area (Å²) in [5.41, 5.74) is 0. The number of rotatable bonds is 0. The molecule has 0 saturated carbocycles. The molecule has 0 heterocycles. The topological polar surface area (TPSA) is 897 Å². The molecule has 69 heteroatoms. The van der Waals surface area contributed by atoms with Gasteiger partial charge in [-0.3, -0.25) is 0 Å². The normalized spacial score (nSPS) is 7.22. The van der Waals surface area contributed by atoms with E-state index < -0.39 is 102 Å². The Hall–Kier alpha value is 15.2. The predicted molar refractivity (Wildman–Crippen MR) is 142 cm³/mol. The van der Waals surface area contributed by atoms with Crippen LogP contribution < -0.4 is 146 Å². The maximum absolute atomic E-state index is 8.55. The van der Waals surface area contributed by atoms with Gasteiger partial charge in [0, 0.05) is 55.0 Å². The Balaban J connectivity index is -0.0000000110. The van der Waals surface area contributed by atoms with Gasteiger partial charge < -0.3 is 200 Å². The first-order valence-electron chi connectivity index (χ1n) is 8.06. The SMILES string of the molecule is O=P([O-])([O-])[O-].O=P([O-])([O-])[O-].O=P([O-])([O-])[O-].O=P([O-])([O-])[O-].O=P([O-])([O-])[O-].O=P([O-])([O-])[O-].O=[Si]([O-])[O-].O=[Si]([O-])[O-].O=[Si]([O-])[O-].O=[Si]([O-])[O-].O=[Si]([O-])[O-].O=[Si]([O-])[O-].[Ca+2].[Ca+2].[Ca+2].[Ca+2].[Ca+2].[Sr+2].[Sr+2].[Sr+2].[Sr+2].[Sr+2].[Zn+2].[Zn+2].[Zn+2].[Zn+2].[Zn+2]. The molecule has 0 spiro atoms. The van der Waals surface area contributed by atoms with Crippen molar-refractivity contribution < 1.29 is 297 Å². The summed E-state index contributed by atoms with van der Waals surface area (Å²) >= 11 is 0. The second-order valence-corrected chi connectivity index (χ2v) is 12.5. The van der Waals surface area contributed by atoms with Crippen molar-refractivity contribution in [3.63, 3.8) is 0 Å². The average Bonchev–Trinajstić information content (AvgIpc) is 2.55. The van der Waals surface area contributed by atoms with E-state index in [0.717, 1.165) is 0 Å². The van der Waals surface area contributed by atoms with E-state index in [1.54, 1.807) is 0 Å². The van der Waals surface area contributed by atoms with Crippen LogP contribution in [0.3, 0.4) is 0 Å². The Morgan fingerprint density at radius 3 is 0.188 bits per heavy atom. The van der Waals surface area contributed by atoms with E-state index in [0.29, 0.717) is 0 Å². The Labute approximate surface area is 793 Å². The molecule has 0 aliphatic rings. The van der Waals surface area contributed by atoms with Gasteiger partial charge in [0.05, 0.1) is 0 Å². The first-order valence-corrected chi connectivity index (χ1v) is 24.2. The molecule has 0 N–H and O–H groups in total. The van der Waals surface area contributed by atoms with Crippen LogP contribution in [0.4, 0.5) is 0 Å². The minimum absolute atomic E-state index is 0. The van der Waals surface area contributed by atoms with Crippen molar-refractivity contribution in [2.45, 2.75) is 0 Å². The van der Waals surface area contributed by atoms with Gasteiger partial charge in [0.15, 0.2) is 0 Å². The summed E-state index contributed by atoms with van der Waals surface area (Å²) in [6.07, 6.45) is 0. The molecule has 69 heavy (non-hydrogen) atoms. The molecule has 0 radical (unpaired) electrons. The van der Waals surface area contributed by atoms with Crippen molar-refractivity contribution in [3.8, 4) is 0 Å². The van der Waals surface area contributed by atoms with Gasteiger partial charge in [0.25, 0.3) is 0 Å². The predicted octanol–water partition coefficient (Wildman–Crippen LogP) is -38.0. The molecule has 0 bridgehead atoms. The molecular weight excluding hydrogens is 1990 g/mol. The number of hydrogen-bond acceptors (Lipinski definition) is 42. The maximum atomic E-state index is 8.55. The average molecular weight is 1990 g/mol. The van der Waals surface area contributed by atoms with Crippen LogP contribution in [0.15, 0.2) is 0 Å².